The molecular weight excluding hydrogens is 360 g/mol. The minimum Gasteiger partial charge on any atom is -0.492 e. The van der Waals surface area contributed by atoms with Crippen molar-refractivity contribution in [3.05, 3.63) is 63.9 Å². The van der Waals surface area contributed by atoms with Gasteiger partial charge >= 0.3 is 0 Å². The van der Waals surface area contributed by atoms with E-state index >= 15 is 0 Å². The van der Waals surface area contributed by atoms with Gasteiger partial charge in [0.2, 0.25) is 0 Å². The number of hydrogen-bond donors (Lipinski definition) is 1. The van der Waals surface area contributed by atoms with Gasteiger partial charge in [-0.25, -0.2) is 4.98 Å². The van der Waals surface area contributed by atoms with E-state index in [1.165, 1.54) is 11.8 Å². The molecule has 1 heterocycles. The highest BCUT2D eigenvalue weighted by Gasteiger charge is 2.11. The number of ether oxygens (including phenoxy) is 1. The summed E-state index contributed by atoms with van der Waals surface area (Å²) in [7, 11) is 0. The van der Waals surface area contributed by atoms with Crippen LogP contribution in [-0.2, 0) is 6.54 Å². The van der Waals surface area contributed by atoms with Crippen LogP contribution in [0.1, 0.15) is 17.5 Å². The Morgan fingerprint density at radius 3 is 2.59 bits per heavy atom. The standard InChI is InChI=1S/C21H24N2O3S/c1-15-7-5-8-16(2)19(15)26-13-14-27-21-22-18-10-4-3-9-17(18)20(25)23(21)11-6-12-24/h3-5,7-10,24H,6,11-14H2,1-2H3. The lowest BCUT2D eigenvalue weighted by molar-refractivity contribution is 0.276. The van der Waals surface area contributed by atoms with Gasteiger partial charge in [0.05, 0.1) is 17.5 Å². The zero-order valence-electron chi connectivity index (χ0n) is 15.6. The molecular formula is C21H24N2O3S. The van der Waals surface area contributed by atoms with Gasteiger partial charge < -0.3 is 9.84 Å². The first-order chi connectivity index (χ1) is 13.1. The third-order valence-corrected chi connectivity index (χ3v) is 5.28. The molecule has 2 aromatic carbocycles. The van der Waals surface area contributed by atoms with Crippen LogP contribution in [0.15, 0.2) is 52.4 Å². The van der Waals surface area contributed by atoms with Crippen LogP contribution in [0.2, 0.25) is 0 Å². The predicted octanol–water partition coefficient (Wildman–Crippen LogP) is 3.57. The summed E-state index contributed by atoms with van der Waals surface area (Å²) in [4.78, 5) is 17.5. The summed E-state index contributed by atoms with van der Waals surface area (Å²) in [5.41, 5.74) is 2.86. The largest absolute Gasteiger partial charge is 0.492 e. The summed E-state index contributed by atoms with van der Waals surface area (Å²) in [6, 6.07) is 13.5. The van der Waals surface area contributed by atoms with E-state index in [0.717, 1.165) is 16.9 Å². The predicted molar refractivity (Wildman–Crippen MR) is 110 cm³/mol. The number of aliphatic hydroxyl groups excluding tert-OH is 1. The minimum atomic E-state index is -0.0628. The second kappa shape index (κ2) is 9.06. The maximum atomic E-state index is 12.8. The average molecular weight is 385 g/mol. The first-order valence-corrected chi connectivity index (χ1v) is 10.0. The molecule has 27 heavy (non-hydrogen) atoms. The molecule has 142 valence electrons. The van der Waals surface area contributed by atoms with Gasteiger partial charge in [-0.05, 0) is 43.5 Å². The lowest BCUT2D eigenvalue weighted by Gasteiger charge is -2.14. The van der Waals surface area contributed by atoms with E-state index in [9.17, 15) is 4.79 Å². The highest BCUT2D eigenvalue weighted by atomic mass is 32.2. The molecule has 0 spiro atoms. The Balaban J connectivity index is 1.76. The highest BCUT2D eigenvalue weighted by Crippen LogP contribution is 2.23. The number of para-hydroxylation sites is 2. The molecule has 0 bridgehead atoms. The van der Waals surface area contributed by atoms with Crippen LogP contribution in [0, 0.1) is 13.8 Å². The van der Waals surface area contributed by atoms with E-state index in [1.807, 2.05) is 50.2 Å². The molecule has 0 amide bonds. The Morgan fingerprint density at radius 1 is 1.11 bits per heavy atom. The molecule has 0 aliphatic rings. The van der Waals surface area contributed by atoms with Crippen molar-refractivity contribution in [3.63, 3.8) is 0 Å². The number of aryl methyl sites for hydroxylation is 2. The fourth-order valence-electron chi connectivity index (χ4n) is 2.99. The topological polar surface area (TPSA) is 64.3 Å². The van der Waals surface area contributed by atoms with Crippen molar-refractivity contribution in [2.45, 2.75) is 32.0 Å². The van der Waals surface area contributed by atoms with Crippen LogP contribution in [0.5, 0.6) is 5.75 Å². The van der Waals surface area contributed by atoms with E-state index in [0.29, 0.717) is 41.4 Å². The Labute approximate surface area is 163 Å². The highest BCUT2D eigenvalue weighted by molar-refractivity contribution is 7.99. The maximum Gasteiger partial charge on any atom is 0.262 e. The lowest BCUT2D eigenvalue weighted by atomic mass is 10.1. The number of thioether (sulfide) groups is 1. The van der Waals surface area contributed by atoms with Crippen molar-refractivity contribution < 1.29 is 9.84 Å². The molecule has 0 atom stereocenters. The molecule has 5 nitrogen and oxygen atoms in total. The molecule has 1 N–H and O–H groups in total. The Kier molecular flexibility index (Phi) is 6.53. The maximum absolute atomic E-state index is 12.8. The zero-order valence-corrected chi connectivity index (χ0v) is 16.5. The van der Waals surface area contributed by atoms with Crippen LogP contribution in [-0.4, -0.2) is 33.6 Å². The third-order valence-electron chi connectivity index (χ3n) is 4.34. The van der Waals surface area contributed by atoms with Crippen LogP contribution in [0.4, 0.5) is 0 Å². The van der Waals surface area contributed by atoms with E-state index < -0.39 is 0 Å². The van der Waals surface area contributed by atoms with Crippen molar-refractivity contribution in [1.82, 2.24) is 9.55 Å². The smallest absolute Gasteiger partial charge is 0.262 e. The Hall–Kier alpha value is -2.31. The van der Waals surface area contributed by atoms with Gasteiger partial charge in [-0.1, -0.05) is 42.1 Å². The van der Waals surface area contributed by atoms with Crippen molar-refractivity contribution in [2.24, 2.45) is 0 Å². The summed E-state index contributed by atoms with van der Waals surface area (Å²) >= 11 is 1.50. The van der Waals surface area contributed by atoms with Crippen LogP contribution in [0.25, 0.3) is 10.9 Å². The molecule has 0 radical (unpaired) electrons. The number of rotatable bonds is 8. The molecule has 0 saturated heterocycles. The Bertz CT molecular complexity index is 965. The van der Waals surface area contributed by atoms with Crippen LogP contribution in [0.3, 0.4) is 0 Å². The molecule has 0 aliphatic carbocycles. The van der Waals surface area contributed by atoms with Gasteiger partial charge in [0, 0.05) is 18.9 Å². The molecule has 6 heteroatoms. The van der Waals surface area contributed by atoms with Gasteiger partial charge in [0.15, 0.2) is 5.16 Å². The molecule has 0 saturated carbocycles. The van der Waals surface area contributed by atoms with Gasteiger partial charge in [0.1, 0.15) is 5.75 Å². The van der Waals surface area contributed by atoms with Crippen LogP contribution < -0.4 is 10.3 Å². The van der Waals surface area contributed by atoms with Crippen molar-refractivity contribution in [2.75, 3.05) is 19.0 Å². The van der Waals surface area contributed by atoms with E-state index in [4.69, 9.17) is 9.84 Å². The summed E-state index contributed by atoms with van der Waals surface area (Å²) in [6.07, 6.45) is 0.520. The lowest BCUT2D eigenvalue weighted by Crippen LogP contribution is -2.24. The number of benzene rings is 2. The summed E-state index contributed by atoms with van der Waals surface area (Å²) in [6.45, 7) is 5.09. The number of fused-ring (bicyclic) bond motifs is 1. The van der Waals surface area contributed by atoms with Crippen LogP contribution >= 0.6 is 11.8 Å². The molecule has 3 rings (SSSR count). The molecule has 0 fully saturated rings. The monoisotopic (exact) mass is 384 g/mol. The van der Waals surface area contributed by atoms with Crippen molar-refractivity contribution >= 4 is 22.7 Å². The third kappa shape index (κ3) is 4.51. The van der Waals surface area contributed by atoms with E-state index in [-0.39, 0.29) is 12.2 Å². The quantitative estimate of drug-likeness (QED) is 0.365. The second-order valence-corrected chi connectivity index (χ2v) is 7.43. The second-order valence-electron chi connectivity index (χ2n) is 6.36. The van der Waals surface area contributed by atoms with E-state index in [1.54, 1.807) is 10.6 Å². The molecule has 3 aromatic rings. The molecule has 0 aliphatic heterocycles. The summed E-state index contributed by atoms with van der Waals surface area (Å²) in [5, 5.41) is 10.4. The number of aromatic nitrogens is 2. The Morgan fingerprint density at radius 2 is 1.85 bits per heavy atom. The molecule has 1 aromatic heterocycles. The van der Waals surface area contributed by atoms with Gasteiger partial charge in [0.25, 0.3) is 5.56 Å². The van der Waals surface area contributed by atoms with Gasteiger partial charge in [-0.3, -0.25) is 9.36 Å². The summed E-state index contributed by atoms with van der Waals surface area (Å²) < 4.78 is 7.61. The van der Waals surface area contributed by atoms with E-state index in [2.05, 4.69) is 4.98 Å². The normalized spacial score (nSPS) is 11.1. The zero-order chi connectivity index (χ0) is 19.2. The first-order valence-electron chi connectivity index (χ1n) is 9.04. The van der Waals surface area contributed by atoms with Gasteiger partial charge in [-0.2, -0.15) is 0 Å². The molecule has 0 unspecified atom stereocenters. The number of aliphatic hydroxyl groups is 1. The fraction of sp³-hybridized carbons (Fsp3) is 0.333. The fourth-order valence-corrected chi connectivity index (χ4v) is 3.83. The summed E-state index contributed by atoms with van der Waals surface area (Å²) in [5.74, 6) is 1.60. The van der Waals surface area contributed by atoms with Crippen molar-refractivity contribution in [1.29, 1.82) is 0 Å². The number of hydrogen-bond acceptors (Lipinski definition) is 5. The first kappa shape index (κ1) is 19.5. The van der Waals surface area contributed by atoms with Gasteiger partial charge in [-0.15, -0.1) is 0 Å². The SMILES string of the molecule is Cc1cccc(C)c1OCCSc1nc2ccccc2c(=O)n1CCCO. The average Bonchev–Trinajstić information content (AvgIpc) is 2.66. The van der Waals surface area contributed by atoms with Crippen molar-refractivity contribution in [3.8, 4) is 5.75 Å². The minimum absolute atomic E-state index is 0.0407. The number of nitrogens with zero attached hydrogens (tertiary/aromatic N) is 2.